The highest BCUT2D eigenvalue weighted by atomic mass is 16.5. The Hall–Kier alpha value is -1.38. The number of hydrogen-bond donors (Lipinski definition) is 0. The van der Waals surface area contributed by atoms with E-state index in [2.05, 4.69) is 4.74 Å². The van der Waals surface area contributed by atoms with E-state index in [9.17, 15) is 9.59 Å². The Morgan fingerprint density at radius 2 is 1.81 bits per heavy atom. The minimum absolute atomic E-state index is 0.141. The number of allylic oxidation sites excluding steroid dienone is 3. The van der Waals surface area contributed by atoms with Crippen molar-refractivity contribution in [2.24, 2.45) is 5.92 Å². The third-order valence-electron chi connectivity index (χ3n) is 2.09. The van der Waals surface area contributed by atoms with Crippen LogP contribution in [0.2, 0.25) is 0 Å². The monoisotopic (exact) mass is 224 g/mol. The molecule has 1 unspecified atom stereocenters. The molecule has 0 saturated heterocycles. The van der Waals surface area contributed by atoms with E-state index in [1.54, 1.807) is 13.8 Å². The van der Waals surface area contributed by atoms with Crippen LogP contribution in [0.4, 0.5) is 0 Å². The van der Waals surface area contributed by atoms with Crippen LogP contribution < -0.4 is 0 Å². The van der Waals surface area contributed by atoms with E-state index in [4.69, 9.17) is 0 Å². The lowest BCUT2D eigenvalue weighted by molar-refractivity contribution is -0.143. The molecule has 0 heterocycles. The average Bonchev–Trinajstić information content (AvgIpc) is 2.14. The highest BCUT2D eigenvalue weighted by Crippen LogP contribution is 2.10. The zero-order valence-electron chi connectivity index (χ0n) is 10.7. The van der Waals surface area contributed by atoms with Gasteiger partial charge < -0.3 is 4.74 Å². The molecule has 16 heavy (non-hydrogen) atoms. The van der Waals surface area contributed by atoms with Crippen LogP contribution in [0.25, 0.3) is 0 Å². The van der Waals surface area contributed by atoms with Gasteiger partial charge in [-0.2, -0.15) is 0 Å². The van der Waals surface area contributed by atoms with Crippen LogP contribution >= 0.6 is 0 Å². The molecule has 0 fully saturated rings. The maximum absolute atomic E-state index is 11.2. The molecule has 0 aliphatic carbocycles. The predicted octanol–water partition coefficient (Wildman–Crippen LogP) is 2.67. The minimum atomic E-state index is -0.258. The minimum Gasteiger partial charge on any atom is -0.469 e. The number of methoxy groups -OCH3 is 1. The lowest BCUT2D eigenvalue weighted by atomic mass is 10.0. The summed E-state index contributed by atoms with van der Waals surface area (Å²) in [5.74, 6) is -0.370. The molecular formula is C13H20O3. The van der Waals surface area contributed by atoms with E-state index in [1.807, 2.05) is 26.0 Å². The molecule has 0 aliphatic heterocycles. The van der Waals surface area contributed by atoms with Crippen LogP contribution in [-0.2, 0) is 14.3 Å². The maximum atomic E-state index is 11.2. The predicted molar refractivity (Wildman–Crippen MR) is 64.0 cm³/mol. The molecule has 0 amide bonds. The SMILES string of the molecule is COC(=O)C(C)/C=C(C)\C=C(/C)CC(C)=O. The molecule has 0 aromatic heterocycles. The van der Waals surface area contributed by atoms with Gasteiger partial charge in [0.05, 0.1) is 13.0 Å². The van der Waals surface area contributed by atoms with Crippen LogP contribution in [0.3, 0.4) is 0 Å². The van der Waals surface area contributed by atoms with Gasteiger partial charge in [0.25, 0.3) is 0 Å². The first-order valence-electron chi connectivity index (χ1n) is 5.29. The second-order valence-electron chi connectivity index (χ2n) is 4.09. The number of carbonyl (C=O) groups is 2. The average molecular weight is 224 g/mol. The fourth-order valence-electron chi connectivity index (χ4n) is 1.53. The Kier molecular flexibility index (Phi) is 6.38. The summed E-state index contributed by atoms with van der Waals surface area (Å²) >= 11 is 0. The molecule has 0 saturated carbocycles. The van der Waals surface area contributed by atoms with Crippen molar-refractivity contribution in [1.29, 1.82) is 0 Å². The smallest absolute Gasteiger partial charge is 0.312 e. The van der Waals surface area contributed by atoms with Gasteiger partial charge in [0.15, 0.2) is 0 Å². The Balaban J connectivity index is 4.55. The van der Waals surface area contributed by atoms with E-state index in [-0.39, 0.29) is 17.7 Å². The highest BCUT2D eigenvalue weighted by Gasteiger charge is 2.09. The van der Waals surface area contributed by atoms with Gasteiger partial charge in [-0.25, -0.2) is 0 Å². The van der Waals surface area contributed by atoms with Crippen LogP contribution in [0.1, 0.15) is 34.1 Å². The fraction of sp³-hybridized carbons (Fsp3) is 0.538. The van der Waals surface area contributed by atoms with E-state index in [0.717, 1.165) is 11.1 Å². The van der Waals surface area contributed by atoms with Crippen molar-refractivity contribution in [3.63, 3.8) is 0 Å². The van der Waals surface area contributed by atoms with E-state index < -0.39 is 0 Å². The maximum Gasteiger partial charge on any atom is 0.312 e. The zero-order chi connectivity index (χ0) is 12.7. The number of rotatable bonds is 5. The van der Waals surface area contributed by atoms with Gasteiger partial charge in [0.2, 0.25) is 0 Å². The van der Waals surface area contributed by atoms with Crippen LogP contribution in [0.5, 0.6) is 0 Å². The third-order valence-corrected chi connectivity index (χ3v) is 2.09. The summed E-state index contributed by atoms with van der Waals surface area (Å²) in [6.07, 6.45) is 4.20. The first-order valence-corrected chi connectivity index (χ1v) is 5.29. The van der Waals surface area contributed by atoms with Crippen molar-refractivity contribution in [3.8, 4) is 0 Å². The quantitative estimate of drug-likeness (QED) is 0.532. The molecule has 0 aromatic carbocycles. The number of Topliss-reactive ketones (excluding diaryl/α,β-unsaturated/α-hetero) is 1. The molecule has 1 atom stereocenters. The topological polar surface area (TPSA) is 43.4 Å². The van der Waals surface area contributed by atoms with Crippen molar-refractivity contribution in [1.82, 2.24) is 0 Å². The second-order valence-corrected chi connectivity index (χ2v) is 4.09. The number of carbonyl (C=O) groups excluding carboxylic acids is 2. The molecule has 3 nitrogen and oxygen atoms in total. The largest absolute Gasteiger partial charge is 0.469 e. The Morgan fingerprint density at radius 3 is 2.25 bits per heavy atom. The molecule has 0 radical (unpaired) electrons. The van der Waals surface area contributed by atoms with Crippen LogP contribution in [0, 0.1) is 5.92 Å². The van der Waals surface area contributed by atoms with Crippen LogP contribution in [-0.4, -0.2) is 18.9 Å². The molecule has 0 N–H and O–H groups in total. The Labute approximate surface area is 97.2 Å². The lowest BCUT2D eigenvalue weighted by Crippen LogP contribution is -2.10. The van der Waals surface area contributed by atoms with Gasteiger partial charge in [0.1, 0.15) is 5.78 Å². The molecule has 0 bridgehead atoms. The summed E-state index contributed by atoms with van der Waals surface area (Å²) in [5.41, 5.74) is 1.97. The Bertz CT molecular complexity index is 324. The number of ether oxygens (including phenoxy) is 1. The van der Waals surface area contributed by atoms with Gasteiger partial charge in [-0.15, -0.1) is 0 Å². The standard InChI is InChI=1S/C13H20O3/c1-9(6-10(2)8-12(4)14)7-11(3)13(15)16-5/h6-7,11H,8H2,1-5H3/b9-7-,10-6+. The first-order chi connectivity index (χ1) is 7.36. The second kappa shape index (κ2) is 6.99. The van der Waals surface area contributed by atoms with Gasteiger partial charge in [-0.05, 0) is 27.7 Å². The highest BCUT2D eigenvalue weighted by molar-refractivity contribution is 5.78. The number of ketones is 1. The summed E-state index contributed by atoms with van der Waals surface area (Å²) in [6, 6.07) is 0. The van der Waals surface area contributed by atoms with Crippen molar-refractivity contribution in [2.45, 2.75) is 34.1 Å². The number of esters is 1. The summed E-state index contributed by atoms with van der Waals surface area (Å²) in [6.45, 7) is 7.15. The molecule has 0 aliphatic rings. The summed E-state index contributed by atoms with van der Waals surface area (Å²) in [4.78, 5) is 22.0. The first kappa shape index (κ1) is 14.6. The number of hydrogen-bond acceptors (Lipinski definition) is 3. The molecule has 90 valence electrons. The van der Waals surface area contributed by atoms with Crippen molar-refractivity contribution >= 4 is 11.8 Å². The van der Waals surface area contributed by atoms with Gasteiger partial charge >= 0.3 is 5.97 Å². The van der Waals surface area contributed by atoms with Gasteiger partial charge in [-0.1, -0.05) is 23.3 Å². The normalized spacial score (nSPS) is 14.6. The summed E-state index contributed by atoms with van der Waals surface area (Å²) in [7, 11) is 1.37. The molecule has 3 heteroatoms. The zero-order valence-corrected chi connectivity index (χ0v) is 10.7. The summed E-state index contributed by atoms with van der Waals surface area (Å²) in [5, 5.41) is 0. The Morgan fingerprint density at radius 1 is 1.25 bits per heavy atom. The fourth-order valence-corrected chi connectivity index (χ4v) is 1.53. The van der Waals surface area contributed by atoms with Crippen molar-refractivity contribution in [2.75, 3.05) is 7.11 Å². The lowest BCUT2D eigenvalue weighted by Gasteiger charge is -2.05. The van der Waals surface area contributed by atoms with Crippen molar-refractivity contribution in [3.05, 3.63) is 23.3 Å². The van der Waals surface area contributed by atoms with E-state index in [1.165, 1.54) is 7.11 Å². The molecule has 0 rings (SSSR count). The summed E-state index contributed by atoms with van der Waals surface area (Å²) < 4.78 is 4.62. The molecule has 0 spiro atoms. The molecule has 0 aromatic rings. The van der Waals surface area contributed by atoms with E-state index >= 15 is 0 Å². The van der Waals surface area contributed by atoms with Gasteiger partial charge in [-0.3, -0.25) is 9.59 Å². The van der Waals surface area contributed by atoms with E-state index in [0.29, 0.717) is 6.42 Å². The van der Waals surface area contributed by atoms with Crippen molar-refractivity contribution < 1.29 is 14.3 Å². The van der Waals surface area contributed by atoms with Crippen LogP contribution in [0.15, 0.2) is 23.3 Å². The third kappa shape index (κ3) is 6.17. The van der Waals surface area contributed by atoms with Gasteiger partial charge in [0, 0.05) is 6.42 Å². The molecular weight excluding hydrogens is 204 g/mol.